The van der Waals surface area contributed by atoms with E-state index < -0.39 is 0 Å². The van der Waals surface area contributed by atoms with Crippen molar-refractivity contribution in [1.82, 2.24) is 0 Å². The van der Waals surface area contributed by atoms with Crippen LogP contribution in [0.4, 0.5) is 11.4 Å². The molecule has 1 amide bonds. The second-order valence-corrected chi connectivity index (χ2v) is 6.59. The van der Waals surface area contributed by atoms with Crippen LogP contribution in [0.3, 0.4) is 0 Å². The highest BCUT2D eigenvalue weighted by atomic mass is 79.9. The fraction of sp³-hybridized carbons (Fsp3) is 0.214. The van der Waals surface area contributed by atoms with Crippen LogP contribution in [0.2, 0.25) is 0 Å². The van der Waals surface area contributed by atoms with Crippen LogP contribution in [0.15, 0.2) is 40.2 Å². The summed E-state index contributed by atoms with van der Waals surface area (Å²) in [6, 6.07) is 11.9. The molecule has 0 fully saturated rings. The van der Waals surface area contributed by atoms with Gasteiger partial charge < -0.3 is 10.6 Å². The van der Waals surface area contributed by atoms with Gasteiger partial charge in [0, 0.05) is 29.2 Å². The normalized spacial score (nSPS) is 10.2. The summed E-state index contributed by atoms with van der Waals surface area (Å²) in [5.41, 5.74) is 1.87. The van der Waals surface area contributed by atoms with E-state index in [9.17, 15) is 4.79 Å². The maximum atomic E-state index is 11.2. The topological polar surface area (TPSA) is 41.1 Å². The first-order valence-electron chi connectivity index (χ1n) is 6.05. The van der Waals surface area contributed by atoms with Crippen LogP contribution in [0, 0.1) is 0 Å². The van der Waals surface area contributed by atoms with Gasteiger partial charge >= 0.3 is 0 Å². The molecule has 5 heteroatoms. The molecule has 0 unspecified atom stereocenters. The zero-order valence-electron chi connectivity index (χ0n) is 10.6. The summed E-state index contributed by atoms with van der Waals surface area (Å²) in [5.74, 6) is 0.0316. The number of carbonyl (C=O) groups is 1. The van der Waals surface area contributed by atoms with E-state index in [2.05, 4.69) is 32.6 Å². The maximum absolute atomic E-state index is 11.2. The Morgan fingerprint density at radius 3 is 2.42 bits per heavy atom. The summed E-state index contributed by atoms with van der Waals surface area (Å²) in [7, 11) is 0. The molecule has 0 aliphatic rings. The van der Waals surface area contributed by atoms with Gasteiger partial charge in [-0.25, -0.2) is 0 Å². The molecule has 0 saturated heterocycles. The Morgan fingerprint density at radius 2 is 1.84 bits per heavy atom. The van der Waals surface area contributed by atoms with Crippen molar-refractivity contribution in [3.8, 4) is 0 Å². The number of benzene rings is 1. The van der Waals surface area contributed by atoms with Crippen molar-refractivity contribution in [1.29, 1.82) is 0 Å². The lowest BCUT2D eigenvalue weighted by Crippen LogP contribution is -2.09. The average molecular weight is 339 g/mol. The van der Waals surface area contributed by atoms with E-state index in [1.165, 1.54) is 4.88 Å². The minimum Gasteiger partial charge on any atom is -0.380 e. The highest BCUT2D eigenvalue weighted by Gasteiger charge is 2.00. The summed E-state index contributed by atoms with van der Waals surface area (Å²) in [6.45, 7) is 2.64. The Kier molecular flexibility index (Phi) is 4.99. The molecule has 0 saturated carbocycles. The van der Waals surface area contributed by atoms with Crippen LogP contribution >= 0.6 is 27.3 Å². The molecule has 0 bridgehead atoms. The number of thiophene rings is 1. The third-order valence-corrected chi connectivity index (χ3v) is 4.21. The van der Waals surface area contributed by atoms with Crippen LogP contribution < -0.4 is 10.6 Å². The molecule has 0 spiro atoms. The molecule has 1 heterocycles. The van der Waals surface area contributed by atoms with Crippen LogP contribution in [0.25, 0.3) is 0 Å². The molecule has 0 radical (unpaired) electrons. The van der Waals surface area contributed by atoms with Crippen LogP contribution in [-0.2, 0) is 11.3 Å². The van der Waals surface area contributed by atoms with Gasteiger partial charge in [-0.1, -0.05) is 6.92 Å². The molecule has 1 aromatic carbocycles. The van der Waals surface area contributed by atoms with Gasteiger partial charge in [0.25, 0.3) is 0 Å². The van der Waals surface area contributed by atoms with Gasteiger partial charge in [-0.15, -0.1) is 11.3 Å². The second kappa shape index (κ2) is 6.73. The highest BCUT2D eigenvalue weighted by molar-refractivity contribution is 9.11. The van der Waals surface area contributed by atoms with E-state index >= 15 is 0 Å². The average Bonchev–Trinajstić information content (AvgIpc) is 2.83. The van der Waals surface area contributed by atoms with Gasteiger partial charge in [-0.2, -0.15) is 0 Å². The molecule has 0 atom stereocenters. The lowest BCUT2D eigenvalue weighted by Gasteiger charge is -2.07. The molecule has 2 rings (SSSR count). The van der Waals surface area contributed by atoms with E-state index in [1.807, 2.05) is 37.3 Å². The Hall–Kier alpha value is -1.33. The molecule has 100 valence electrons. The molecular formula is C14H15BrN2OS. The summed E-state index contributed by atoms with van der Waals surface area (Å²) >= 11 is 5.17. The van der Waals surface area contributed by atoms with Gasteiger partial charge in [-0.05, 0) is 52.3 Å². The first-order valence-corrected chi connectivity index (χ1v) is 7.66. The Morgan fingerprint density at radius 1 is 1.16 bits per heavy atom. The lowest BCUT2D eigenvalue weighted by molar-refractivity contribution is -0.115. The standard InChI is InChI=1S/C14H15BrN2OS/c1-2-14(18)17-11-5-3-10(4-6-11)16-9-12-7-8-13(15)19-12/h3-8,16H,2,9H2,1H3,(H,17,18). The van der Waals surface area contributed by atoms with Crippen molar-refractivity contribution in [2.45, 2.75) is 19.9 Å². The number of hydrogen-bond acceptors (Lipinski definition) is 3. The van der Waals surface area contributed by atoms with Crippen LogP contribution in [-0.4, -0.2) is 5.91 Å². The van der Waals surface area contributed by atoms with Gasteiger partial charge in [0.2, 0.25) is 5.91 Å². The molecule has 0 aliphatic carbocycles. The number of nitrogens with one attached hydrogen (secondary N) is 2. The van der Waals surface area contributed by atoms with E-state index in [-0.39, 0.29) is 5.91 Å². The Labute approximate surface area is 125 Å². The van der Waals surface area contributed by atoms with Gasteiger partial charge in [0.1, 0.15) is 0 Å². The van der Waals surface area contributed by atoms with E-state index in [0.717, 1.165) is 21.7 Å². The van der Waals surface area contributed by atoms with E-state index in [0.29, 0.717) is 6.42 Å². The fourth-order valence-electron chi connectivity index (χ4n) is 1.56. The highest BCUT2D eigenvalue weighted by Crippen LogP contribution is 2.23. The molecule has 2 N–H and O–H groups in total. The SMILES string of the molecule is CCC(=O)Nc1ccc(NCc2ccc(Br)s2)cc1. The maximum Gasteiger partial charge on any atom is 0.224 e. The molecule has 3 nitrogen and oxygen atoms in total. The van der Waals surface area contributed by atoms with E-state index in [1.54, 1.807) is 11.3 Å². The van der Waals surface area contributed by atoms with Crippen molar-refractivity contribution >= 4 is 44.5 Å². The fourth-order valence-corrected chi connectivity index (χ4v) is 2.98. The number of hydrogen-bond donors (Lipinski definition) is 2. The monoisotopic (exact) mass is 338 g/mol. The molecule has 0 aliphatic heterocycles. The van der Waals surface area contributed by atoms with Crippen molar-refractivity contribution < 1.29 is 4.79 Å². The minimum absolute atomic E-state index is 0.0316. The van der Waals surface area contributed by atoms with E-state index in [4.69, 9.17) is 0 Å². The van der Waals surface area contributed by atoms with Crippen molar-refractivity contribution in [2.75, 3.05) is 10.6 Å². The smallest absolute Gasteiger partial charge is 0.224 e. The zero-order valence-corrected chi connectivity index (χ0v) is 13.0. The predicted molar refractivity (Wildman–Crippen MR) is 84.7 cm³/mol. The summed E-state index contributed by atoms with van der Waals surface area (Å²) in [5, 5.41) is 6.17. The summed E-state index contributed by atoms with van der Waals surface area (Å²) < 4.78 is 1.14. The lowest BCUT2D eigenvalue weighted by atomic mass is 10.2. The van der Waals surface area contributed by atoms with Gasteiger partial charge in [0.05, 0.1) is 3.79 Å². The van der Waals surface area contributed by atoms with Crippen molar-refractivity contribution in [3.05, 3.63) is 45.1 Å². The number of halogens is 1. The largest absolute Gasteiger partial charge is 0.380 e. The van der Waals surface area contributed by atoms with Gasteiger partial charge in [0.15, 0.2) is 0 Å². The molecule has 19 heavy (non-hydrogen) atoms. The predicted octanol–water partition coefficient (Wildman–Crippen LogP) is 4.47. The second-order valence-electron chi connectivity index (χ2n) is 4.04. The first-order chi connectivity index (χ1) is 9.17. The quantitative estimate of drug-likeness (QED) is 0.844. The van der Waals surface area contributed by atoms with Crippen molar-refractivity contribution in [3.63, 3.8) is 0 Å². The molecular weight excluding hydrogens is 324 g/mol. The number of anilines is 2. The summed E-state index contributed by atoms with van der Waals surface area (Å²) in [6.07, 6.45) is 0.493. The summed E-state index contributed by atoms with van der Waals surface area (Å²) in [4.78, 5) is 12.5. The number of rotatable bonds is 5. The third kappa shape index (κ3) is 4.36. The Balaban J connectivity index is 1.89. The first kappa shape index (κ1) is 14.1. The zero-order chi connectivity index (χ0) is 13.7. The van der Waals surface area contributed by atoms with Crippen molar-refractivity contribution in [2.24, 2.45) is 0 Å². The minimum atomic E-state index is 0.0316. The van der Waals surface area contributed by atoms with Gasteiger partial charge in [-0.3, -0.25) is 4.79 Å². The number of carbonyl (C=O) groups excluding carboxylic acids is 1. The molecule has 1 aromatic heterocycles. The van der Waals surface area contributed by atoms with Crippen LogP contribution in [0.5, 0.6) is 0 Å². The number of amides is 1. The third-order valence-electron chi connectivity index (χ3n) is 2.59. The van der Waals surface area contributed by atoms with Crippen LogP contribution in [0.1, 0.15) is 18.2 Å². The molecule has 2 aromatic rings. The Bertz CT molecular complexity index is 551.